The fraction of sp³-hybridized carbons (Fsp3) is 0.833. The zero-order chi connectivity index (χ0) is 10.7. The van der Waals surface area contributed by atoms with Crippen molar-refractivity contribution in [1.29, 1.82) is 0 Å². The van der Waals surface area contributed by atoms with Gasteiger partial charge in [-0.1, -0.05) is 0 Å². The van der Waals surface area contributed by atoms with Crippen LogP contribution in [0.2, 0.25) is 0 Å². The number of hydrogen-bond acceptors (Lipinski definition) is 3. The highest BCUT2D eigenvalue weighted by molar-refractivity contribution is 7.87. The molecule has 0 atom stereocenters. The summed E-state index contributed by atoms with van der Waals surface area (Å²) in [5.41, 5.74) is -0.804. The van der Waals surface area contributed by atoms with Gasteiger partial charge in [-0.3, -0.25) is 4.79 Å². The molecule has 0 aromatic carbocycles. The summed E-state index contributed by atoms with van der Waals surface area (Å²) >= 11 is 0. The molecule has 7 heteroatoms. The molecule has 0 fully saturated rings. The van der Waals surface area contributed by atoms with Gasteiger partial charge in [-0.25, -0.2) is 9.86 Å². The van der Waals surface area contributed by atoms with Crippen molar-refractivity contribution in [2.75, 3.05) is 13.6 Å². The summed E-state index contributed by atoms with van der Waals surface area (Å²) in [5, 5.41) is 7.14. The van der Waals surface area contributed by atoms with Crippen LogP contribution < -0.4 is 15.2 Å². The van der Waals surface area contributed by atoms with Crippen molar-refractivity contribution in [2.45, 2.75) is 13.8 Å². The monoisotopic (exact) mass is 209 g/mol. The second kappa shape index (κ2) is 4.03. The standard InChI is InChI=1S/C6H15N3O3S/c1-6(2,5(10)8-3)4-9-13(7,11)12/h9H,4H2,1-3H3,(H,8,10)(H2,7,11,12). The highest BCUT2D eigenvalue weighted by Gasteiger charge is 2.27. The Morgan fingerprint density at radius 3 is 2.23 bits per heavy atom. The summed E-state index contributed by atoms with van der Waals surface area (Å²) in [5.74, 6) is -0.247. The van der Waals surface area contributed by atoms with Crippen molar-refractivity contribution in [3.05, 3.63) is 0 Å². The number of rotatable bonds is 4. The minimum atomic E-state index is -3.73. The molecule has 0 aliphatic heterocycles. The van der Waals surface area contributed by atoms with Gasteiger partial charge < -0.3 is 5.32 Å². The van der Waals surface area contributed by atoms with Crippen LogP contribution in [0.1, 0.15) is 13.8 Å². The van der Waals surface area contributed by atoms with Crippen LogP contribution in [0.25, 0.3) is 0 Å². The van der Waals surface area contributed by atoms with E-state index in [2.05, 4.69) is 10.0 Å². The number of nitrogens with two attached hydrogens (primary N) is 1. The number of amides is 1. The molecule has 0 aromatic heterocycles. The lowest BCUT2D eigenvalue weighted by molar-refractivity contribution is -0.128. The first-order valence-electron chi connectivity index (χ1n) is 3.68. The molecule has 78 valence electrons. The summed E-state index contributed by atoms with van der Waals surface area (Å²) in [6, 6.07) is 0. The van der Waals surface area contributed by atoms with Crippen LogP contribution in [0.3, 0.4) is 0 Å². The molecule has 0 bridgehead atoms. The smallest absolute Gasteiger partial charge is 0.274 e. The van der Waals surface area contributed by atoms with Crippen LogP contribution in [-0.2, 0) is 15.0 Å². The molecular weight excluding hydrogens is 194 g/mol. The highest BCUT2D eigenvalue weighted by Crippen LogP contribution is 2.12. The van der Waals surface area contributed by atoms with E-state index in [-0.39, 0.29) is 12.5 Å². The van der Waals surface area contributed by atoms with Gasteiger partial charge in [0, 0.05) is 13.6 Å². The van der Waals surface area contributed by atoms with Crippen LogP contribution in [0.5, 0.6) is 0 Å². The van der Waals surface area contributed by atoms with Crippen molar-refractivity contribution < 1.29 is 13.2 Å². The average Bonchev–Trinajstić information content (AvgIpc) is 1.98. The number of nitrogens with one attached hydrogen (secondary N) is 2. The maximum Gasteiger partial charge on any atom is 0.274 e. The quantitative estimate of drug-likeness (QED) is 0.528. The summed E-state index contributed by atoms with van der Waals surface area (Å²) in [6.45, 7) is 3.21. The number of carbonyl (C=O) groups is 1. The van der Waals surface area contributed by atoms with Crippen LogP contribution in [0.15, 0.2) is 0 Å². The lowest BCUT2D eigenvalue weighted by atomic mass is 9.93. The average molecular weight is 209 g/mol. The molecule has 0 aliphatic carbocycles. The first kappa shape index (κ1) is 12.3. The Kier molecular flexibility index (Phi) is 3.83. The van der Waals surface area contributed by atoms with Crippen molar-refractivity contribution >= 4 is 16.1 Å². The molecular formula is C6H15N3O3S. The second-order valence-electron chi connectivity index (χ2n) is 3.33. The Bertz CT molecular complexity index is 283. The molecule has 0 heterocycles. The van der Waals surface area contributed by atoms with Gasteiger partial charge in [-0.05, 0) is 13.8 Å². The third kappa shape index (κ3) is 4.81. The largest absolute Gasteiger partial charge is 0.359 e. The molecule has 0 radical (unpaired) electrons. The molecule has 0 aromatic rings. The molecule has 0 saturated carbocycles. The molecule has 0 aliphatic rings. The van der Waals surface area contributed by atoms with E-state index in [9.17, 15) is 13.2 Å². The van der Waals surface area contributed by atoms with Crippen molar-refractivity contribution in [3.63, 3.8) is 0 Å². The van der Waals surface area contributed by atoms with Crippen molar-refractivity contribution in [1.82, 2.24) is 10.0 Å². The van der Waals surface area contributed by atoms with Crippen LogP contribution in [0.4, 0.5) is 0 Å². The fourth-order valence-corrected chi connectivity index (χ4v) is 1.26. The van der Waals surface area contributed by atoms with Gasteiger partial charge in [0.25, 0.3) is 10.2 Å². The number of hydrogen-bond donors (Lipinski definition) is 3. The molecule has 0 unspecified atom stereocenters. The minimum Gasteiger partial charge on any atom is -0.359 e. The molecule has 4 N–H and O–H groups in total. The van der Waals surface area contributed by atoms with E-state index >= 15 is 0 Å². The highest BCUT2D eigenvalue weighted by atomic mass is 32.2. The van der Waals surface area contributed by atoms with Gasteiger partial charge >= 0.3 is 0 Å². The minimum absolute atomic E-state index is 0.0223. The Morgan fingerprint density at radius 1 is 1.46 bits per heavy atom. The molecule has 0 spiro atoms. The normalized spacial score (nSPS) is 12.6. The van der Waals surface area contributed by atoms with Crippen LogP contribution >= 0.6 is 0 Å². The van der Waals surface area contributed by atoms with Gasteiger partial charge in [0.2, 0.25) is 5.91 Å². The van der Waals surface area contributed by atoms with Gasteiger partial charge in [0.1, 0.15) is 0 Å². The van der Waals surface area contributed by atoms with E-state index < -0.39 is 15.6 Å². The summed E-state index contributed by atoms with van der Waals surface area (Å²) in [4.78, 5) is 11.2. The third-order valence-corrected chi connectivity index (χ3v) is 2.10. The molecule has 0 saturated heterocycles. The Hall–Kier alpha value is -0.660. The first-order chi connectivity index (χ1) is 5.69. The maximum atomic E-state index is 11.2. The number of carbonyl (C=O) groups excluding carboxylic acids is 1. The first-order valence-corrected chi connectivity index (χ1v) is 5.23. The lowest BCUT2D eigenvalue weighted by Gasteiger charge is -2.21. The van der Waals surface area contributed by atoms with Crippen molar-refractivity contribution in [3.8, 4) is 0 Å². The van der Waals surface area contributed by atoms with E-state index in [1.54, 1.807) is 13.8 Å². The SMILES string of the molecule is CNC(=O)C(C)(C)CNS(N)(=O)=O. The van der Waals surface area contributed by atoms with E-state index in [0.717, 1.165) is 0 Å². The Labute approximate surface area is 78.1 Å². The third-order valence-electron chi connectivity index (χ3n) is 1.56. The predicted octanol–water partition coefficient (Wildman–Crippen LogP) is -1.45. The van der Waals surface area contributed by atoms with E-state index in [1.165, 1.54) is 7.05 Å². The Balaban J connectivity index is 4.27. The summed E-state index contributed by atoms with van der Waals surface area (Å²) in [6.07, 6.45) is 0. The zero-order valence-corrected chi connectivity index (χ0v) is 8.73. The van der Waals surface area contributed by atoms with Crippen molar-refractivity contribution in [2.24, 2.45) is 10.6 Å². The summed E-state index contributed by atoms with van der Waals surface area (Å²) < 4.78 is 23.1. The van der Waals surface area contributed by atoms with Gasteiger partial charge in [0.05, 0.1) is 5.41 Å². The predicted molar refractivity (Wildman–Crippen MR) is 49.0 cm³/mol. The Morgan fingerprint density at radius 2 is 1.92 bits per heavy atom. The van der Waals surface area contributed by atoms with Gasteiger partial charge in [-0.2, -0.15) is 8.42 Å². The lowest BCUT2D eigenvalue weighted by Crippen LogP contribution is -2.45. The summed E-state index contributed by atoms with van der Waals surface area (Å²) in [7, 11) is -2.24. The van der Waals surface area contributed by atoms with E-state index in [1.807, 2.05) is 0 Å². The topological polar surface area (TPSA) is 101 Å². The zero-order valence-electron chi connectivity index (χ0n) is 7.92. The van der Waals surface area contributed by atoms with Crippen LogP contribution in [-0.4, -0.2) is 27.9 Å². The molecule has 6 nitrogen and oxygen atoms in total. The van der Waals surface area contributed by atoms with E-state index in [0.29, 0.717) is 0 Å². The van der Waals surface area contributed by atoms with E-state index in [4.69, 9.17) is 5.14 Å². The second-order valence-corrected chi connectivity index (χ2v) is 4.71. The fourth-order valence-electron chi connectivity index (χ4n) is 0.700. The van der Waals surface area contributed by atoms with Crippen LogP contribution in [0, 0.1) is 5.41 Å². The molecule has 0 rings (SSSR count). The van der Waals surface area contributed by atoms with Gasteiger partial charge in [0.15, 0.2) is 0 Å². The maximum absolute atomic E-state index is 11.2. The molecule has 1 amide bonds. The molecule has 13 heavy (non-hydrogen) atoms. The van der Waals surface area contributed by atoms with Gasteiger partial charge in [-0.15, -0.1) is 0 Å².